The van der Waals surface area contributed by atoms with Gasteiger partial charge in [-0.2, -0.15) is 10.2 Å². The lowest BCUT2D eigenvalue weighted by atomic mass is 9.92. The first-order valence-corrected chi connectivity index (χ1v) is 15.6. The summed E-state index contributed by atoms with van der Waals surface area (Å²) in [4.78, 5) is 20.8. The second-order valence-corrected chi connectivity index (χ2v) is 12.0. The molecular formula is C28H39N6O8P. The topological polar surface area (TPSA) is 192 Å². The molecule has 1 aliphatic heterocycles. The lowest BCUT2D eigenvalue weighted by Gasteiger charge is -2.28. The number of anilines is 1. The Balaban J connectivity index is 1.56. The molecule has 43 heavy (non-hydrogen) atoms. The molecule has 1 saturated heterocycles. The van der Waals surface area contributed by atoms with Gasteiger partial charge in [0, 0.05) is 13.3 Å². The minimum atomic E-state index is -4.27. The molecule has 2 aromatic heterocycles. The van der Waals surface area contributed by atoms with E-state index in [0.717, 1.165) is 12.8 Å². The average molecular weight is 619 g/mol. The highest BCUT2D eigenvalue weighted by Gasteiger charge is 2.56. The number of aliphatic hydroxyl groups is 2. The first-order valence-electron chi connectivity index (χ1n) is 14.1. The Morgan fingerprint density at radius 1 is 1.26 bits per heavy atom. The molecule has 5 N–H and O–H groups in total. The molecule has 1 aromatic carbocycles. The second-order valence-electron chi connectivity index (χ2n) is 10.3. The van der Waals surface area contributed by atoms with Crippen molar-refractivity contribution in [1.29, 1.82) is 0 Å². The Morgan fingerprint density at radius 2 is 1.98 bits per heavy atom. The number of nitrogens with one attached hydrogen (secondary N) is 1. The molecule has 1 aliphatic rings. The van der Waals surface area contributed by atoms with Crippen LogP contribution in [0.5, 0.6) is 5.75 Å². The summed E-state index contributed by atoms with van der Waals surface area (Å²) < 4.78 is 38.5. The number of nitrogen functional groups attached to an aromatic ring is 1. The molecule has 3 aromatic rings. The molecule has 15 heteroatoms. The summed E-state index contributed by atoms with van der Waals surface area (Å²) in [5.74, 6) is 0.00267. The fraction of sp³-hybridized carbons (Fsp3) is 0.500. The highest BCUT2D eigenvalue weighted by Crippen LogP contribution is 2.47. The van der Waals surface area contributed by atoms with E-state index in [1.54, 1.807) is 42.5 Å². The van der Waals surface area contributed by atoms with Crippen molar-refractivity contribution in [2.24, 2.45) is 10.9 Å². The fourth-order valence-electron chi connectivity index (χ4n) is 4.83. The maximum atomic E-state index is 14.0. The molecule has 0 saturated carbocycles. The predicted octanol–water partition coefficient (Wildman–Crippen LogP) is 2.49. The molecule has 0 aliphatic carbocycles. The number of carbonyl (C=O) groups excluding carboxylic acids is 1. The molecule has 0 unspecified atom stereocenters. The van der Waals surface area contributed by atoms with Gasteiger partial charge in [-0.25, -0.2) is 14.1 Å². The number of aliphatic hydroxyl groups excluding tert-OH is 2. The van der Waals surface area contributed by atoms with Crippen molar-refractivity contribution in [1.82, 2.24) is 19.7 Å². The van der Waals surface area contributed by atoms with Crippen molar-refractivity contribution in [3.8, 4) is 5.75 Å². The standard InChI is InChI=1S/C28H39N6O8P/c1-5-19(6-2)14-39-27(37)18(3)33-43(38,42-20-10-8-7-9-11-20)40-15-22-24(35)25(36)28(41-22,16-30-4)23-13-12-21-26(29)31-17-32-34(21)23/h7-13,16-19,22,24-25,35-36H,5-6,14-15H2,1-4H3,(H,33,38)(H2,29,31,32)/t18-,22+,24+,25+,28-,43+/m0/s1. The molecule has 1 fully saturated rings. The third-order valence-corrected chi connectivity index (χ3v) is 9.04. The molecular weight excluding hydrogens is 579 g/mol. The summed E-state index contributed by atoms with van der Waals surface area (Å²) in [5.41, 5.74) is 5.10. The lowest BCUT2D eigenvalue weighted by Crippen LogP contribution is -2.43. The number of hydrogen-bond acceptors (Lipinski definition) is 12. The van der Waals surface area contributed by atoms with Gasteiger partial charge in [-0.15, -0.1) is 0 Å². The summed E-state index contributed by atoms with van der Waals surface area (Å²) in [6.45, 7) is 5.25. The Kier molecular flexibility index (Phi) is 10.5. The Labute approximate surface area is 249 Å². The van der Waals surface area contributed by atoms with Crippen LogP contribution < -0.4 is 15.3 Å². The van der Waals surface area contributed by atoms with Crippen LogP contribution in [-0.2, 0) is 29.0 Å². The third kappa shape index (κ3) is 7.06. The van der Waals surface area contributed by atoms with E-state index in [1.807, 2.05) is 13.8 Å². The average Bonchev–Trinajstić information content (AvgIpc) is 3.54. The molecule has 0 bridgehead atoms. The minimum Gasteiger partial charge on any atom is -0.464 e. The van der Waals surface area contributed by atoms with Crippen molar-refractivity contribution >= 4 is 31.3 Å². The van der Waals surface area contributed by atoms with Crippen LogP contribution >= 0.6 is 7.75 Å². The molecule has 6 atom stereocenters. The number of benzene rings is 1. The molecule has 0 amide bonds. The van der Waals surface area contributed by atoms with Crippen molar-refractivity contribution in [3.63, 3.8) is 0 Å². The number of carbonyl (C=O) groups is 1. The van der Waals surface area contributed by atoms with Crippen LogP contribution in [0.2, 0.25) is 0 Å². The zero-order valence-electron chi connectivity index (χ0n) is 24.6. The molecule has 0 spiro atoms. The highest BCUT2D eigenvalue weighted by atomic mass is 31.2. The van der Waals surface area contributed by atoms with Gasteiger partial charge >= 0.3 is 13.7 Å². The molecule has 14 nitrogen and oxygen atoms in total. The SMILES string of the molecule is CCC(CC)COC(=O)[C@H](C)N[P@@](=O)(OC[C@H]1O[C@@](C=NC)(c2ccc3c(N)ncnn23)[C@H](O)[C@@H]1O)Oc1ccccc1. The number of para-hydroxylation sites is 1. The molecule has 234 valence electrons. The molecule has 4 rings (SSSR count). The maximum Gasteiger partial charge on any atom is 0.459 e. The number of nitrogens with zero attached hydrogens (tertiary/aromatic N) is 4. The van der Waals surface area contributed by atoms with E-state index in [9.17, 15) is 19.6 Å². The van der Waals surface area contributed by atoms with Gasteiger partial charge < -0.3 is 29.9 Å². The van der Waals surface area contributed by atoms with Gasteiger partial charge in [-0.1, -0.05) is 44.9 Å². The monoisotopic (exact) mass is 618 g/mol. The van der Waals surface area contributed by atoms with E-state index in [-0.39, 0.29) is 24.1 Å². The van der Waals surface area contributed by atoms with Crippen LogP contribution in [0.1, 0.15) is 39.3 Å². The van der Waals surface area contributed by atoms with Crippen LogP contribution in [0.4, 0.5) is 5.82 Å². The van der Waals surface area contributed by atoms with E-state index >= 15 is 0 Å². The third-order valence-electron chi connectivity index (χ3n) is 7.39. The van der Waals surface area contributed by atoms with Crippen LogP contribution in [-0.4, -0.2) is 81.6 Å². The number of ether oxygens (including phenoxy) is 2. The van der Waals surface area contributed by atoms with E-state index in [1.165, 1.54) is 31.0 Å². The second kappa shape index (κ2) is 13.9. The normalized spacial score (nSPS) is 24.4. The number of esters is 1. The van der Waals surface area contributed by atoms with Gasteiger partial charge in [-0.05, 0) is 37.1 Å². The summed E-state index contributed by atoms with van der Waals surface area (Å²) in [6.07, 6.45) is 0.0605. The number of rotatable bonds is 14. The summed E-state index contributed by atoms with van der Waals surface area (Å²) in [5, 5.41) is 29.2. The van der Waals surface area contributed by atoms with E-state index in [4.69, 9.17) is 24.3 Å². The van der Waals surface area contributed by atoms with Crippen molar-refractivity contribution in [3.05, 3.63) is 54.5 Å². The first kappa shape index (κ1) is 32.5. The summed E-state index contributed by atoms with van der Waals surface area (Å²) in [7, 11) is -2.78. The van der Waals surface area contributed by atoms with Gasteiger partial charge in [0.1, 0.15) is 41.9 Å². The lowest BCUT2D eigenvalue weighted by molar-refractivity contribution is -0.146. The fourth-order valence-corrected chi connectivity index (χ4v) is 6.33. The highest BCUT2D eigenvalue weighted by molar-refractivity contribution is 7.52. The molecule has 3 heterocycles. The van der Waals surface area contributed by atoms with Crippen molar-refractivity contribution in [2.45, 2.75) is 63.6 Å². The Morgan fingerprint density at radius 3 is 2.65 bits per heavy atom. The first-order chi connectivity index (χ1) is 20.6. The van der Waals surface area contributed by atoms with E-state index < -0.39 is 50.3 Å². The van der Waals surface area contributed by atoms with Gasteiger partial charge in [-0.3, -0.25) is 14.3 Å². The smallest absolute Gasteiger partial charge is 0.459 e. The van der Waals surface area contributed by atoms with Crippen LogP contribution in [0.25, 0.3) is 5.52 Å². The summed E-state index contributed by atoms with van der Waals surface area (Å²) in [6, 6.07) is 10.5. The number of fused-ring (bicyclic) bond motifs is 1. The zero-order valence-corrected chi connectivity index (χ0v) is 25.5. The van der Waals surface area contributed by atoms with Crippen LogP contribution in [0, 0.1) is 5.92 Å². The van der Waals surface area contributed by atoms with Gasteiger partial charge in [0.25, 0.3) is 0 Å². The quantitative estimate of drug-likeness (QED) is 0.117. The van der Waals surface area contributed by atoms with Crippen LogP contribution in [0.3, 0.4) is 0 Å². The van der Waals surface area contributed by atoms with E-state index in [2.05, 4.69) is 20.2 Å². The van der Waals surface area contributed by atoms with Gasteiger partial charge in [0.05, 0.1) is 18.9 Å². The Bertz CT molecular complexity index is 1450. The van der Waals surface area contributed by atoms with Gasteiger partial charge in [0.2, 0.25) is 0 Å². The Hall–Kier alpha value is -3.39. The minimum absolute atomic E-state index is 0.204. The number of nitrogens with two attached hydrogens (primary N) is 1. The zero-order chi connectivity index (χ0) is 31.2. The van der Waals surface area contributed by atoms with Gasteiger partial charge in [0.15, 0.2) is 11.4 Å². The summed E-state index contributed by atoms with van der Waals surface area (Å²) >= 11 is 0. The van der Waals surface area contributed by atoms with Crippen molar-refractivity contribution in [2.75, 3.05) is 26.0 Å². The van der Waals surface area contributed by atoms with Crippen LogP contribution in [0.15, 0.2) is 53.8 Å². The number of aromatic nitrogens is 3. The predicted molar refractivity (Wildman–Crippen MR) is 159 cm³/mol. The molecule has 0 radical (unpaired) electrons. The largest absolute Gasteiger partial charge is 0.464 e. The number of hydrogen-bond donors (Lipinski definition) is 4. The van der Waals surface area contributed by atoms with Crippen molar-refractivity contribution < 1.29 is 38.1 Å². The maximum absolute atomic E-state index is 14.0. The number of aliphatic imine (C=N–C) groups is 1. The van der Waals surface area contributed by atoms with E-state index in [0.29, 0.717) is 11.2 Å².